The van der Waals surface area contributed by atoms with Gasteiger partial charge in [0.2, 0.25) is 0 Å². The first-order valence-electron chi connectivity index (χ1n) is 13.0. The van der Waals surface area contributed by atoms with Gasteiger partial charge >= 0.3 is 6.03 Å². The van der Waals surface area contributed by atoms with Gasteiger partial charge in [0.15, 0.2) is 0 Å². The molecular weight excluding hydrogens is 430 g/mol. The number of ether oxygens (including phenoxy) is 1. The molecule has 4 N–H and O–H groups in total. The van der Waals surface area contributed by atoms with Crippen molar-refractivity contribution in [1.82, 2.24) is 20.9 Å². The number of carbonyl (C=O) groups is 1. The van der Waals surface area contributed by atoms with Gasteiger partial charge in [-0.15, -0.1) is 0 Å². The van der Waals surface area contributed by atoms with Crippen LogP contribution in [0.4, 0.5) is 13.6 Å². The van der Waals surface area contributed by atoms with Gasteiger partial charge in [-0.05, 0) is 63.3 Å². The second-order valence-electron chi connectivity index (χ2n) is 11.2. The first-order chi connectivity index (χ1) is 15.9. The van der Waals surface area contributed by atoms with Gasteiger partial charge < -0.3 is 25.4 Å². The molecule has 0 spiro atoms. The molecule has 0 aromatic carbocycles. The van der Waals surface area contributed by atoms with Gasteiger partial charge in [-0.1, -0.05) is 13.8 Å². The Labute approximate surface area is 195 Å². The molecule has 7 nitrogen and oxygen atoms in total. The molecule has 5 rings (SSSR count). The zero-order chi connectivity index (χ0) is 23.3. The summed E-state index contributed by atoms with van der Waals surface area (Å²) in [5.74, 6) is -0.498. The van der Waals surface area contributed by atoms with E-state index in [4.69, 9.17) is 4.74 Å². The summed E-state index contributed by atoms with van der Waals surface area (Å²) in [5.41, 5.74) is 0. The topological polar surface area (TPSA) is 85.9 Å². The Morgan fingerprint density at radius 1 is 1.12 bits per heavy atom. The van der Waals surface area contributed by atoms with Crippen molar-refractivity contribution < 1.29 is 23.4 Å². The first-order valence-corrected chi connectivity index (χ1v) is 13.0. The molecule has 33 heavy (non-hydrogen) atoms. The summed E-state index contributed by atoms with van der Waals surface area (Å²) in [6.07, 6.45) is 0.290. The quantitative estimate of drug-likeness (QED) is 0.473. The second kappa shape index (κ2) is 9.55. The Morgan fingerprint density at radius 2 is 1.94 bits per heavy atom. The van der Waals surface area contributed by atoms with Gasteiger partial charge in [-0.3, -0.25) is 5.32 Å². The van der Waals surface area contributed by atoms with E-state index in [1.165, 1.54) is 0 Å². The van der Waals surface area contributed by atoms with Crippen LogP contribution in [0.3, 0.4) is 0 Å². The molecule has 4 aliphatic heterocycles. The van der Waals surface area contributed by atoms with Crippen molar-refractivity contribution in [2.24, 2.45) is 23.7 Å². The van der Waals surface area contributed by atoms with Gasteiger partial charge in [0.05, 0.1) is 18.3 Å². The third-order valence-corrected chi connectivity index (χ3v) is 8.93. The van der Waals surface area contributed by atoms with Crippen LogP contribution in [-0.4, -0.2) is 78.2 Å². The highest BCUT2D eigenvalue weighted by molar-refractivity contribution is 5.76. The summed E-state index contributed by atoms with van der Waals surface area (Å²) in [6.45, 7) is 5.75. The van der Waals surface area contributed by atoms with E-state index in [1.807, 2.05) is 4.90 Å². The van der Waals surface area contributed by atoms with E-state index in [0.717, 1.165) is 38.6 Å². The number of nitrogens with zero attached hydrogens (tertiary/aromatic N) is 1. The van der Waals surface area contributed by atoms with Crippen molar-refractivity contribution in [2.75, 3.05) is 13.2 Å². The highest BCUT2D eigenvalue weighted by atomic mass is 19.1. The van der Waals surface area contributed by atoms with Crippen LogP contribution in [-0.2, 0) is 4.74 Å². The lowest BCUT2D eigenvalue weighted by Crippen LogP contribution is -2.77. The number of urea groups is 1. The number of carbonyl (C=O) groups excluding carboxylic acids is 1. The molecule has 1 saturated carbocycles. The van der Waals surface area contributed by atoms with Crippen LogP contribution in [0.2, 0.25) is 0 Å². The van der Waals surface area contributed by atoms with Gasteiger partial charge in [0.1, 0.15) is 18.6 Å². The van der Waals surface area contributed by atoms with Crippen molar-refractivity contribution in [3.8, 4) is 0 Å². The number of rotatable bonds is 1. The Morgan fingerprint density at radius 3 is 2.73 bits per heavy atom. The smallest absolute Gasteiger partial charge is 0.321 e. The lowest BCUT2D eigenvalue weighted by atomic mass is 9.72. The van der Waals surface area contributed by atoms with Crippen LogP contribution in [0.15, 0.2) is 0 Å². The highest BCUT2D eigenvalue weighted by Crippen LogP contribution is 2.42. The molecule has 0 radical (unpaired) electrons. The minimum atomic E-state index is -1.31. The van der Waals surface area contributed by atoms with Crippen molar-refractivity contribution in [3.05, 3.63) is 0 Å². The lowest BCUT2D eigenvalue weighted by Gasteiger charge is -2.57. The van der Waals surface area contributed by atoms with E-state index in [9.17, 15) is 9.90 Å². The number of aliphatic hydroxyl groups excluding tert-OH is 1. The molecule has 9 heteroatoms. The van der Waals surface area contributed by atoms with E-state index in [2.05, 4.69) is 29.8 Å². The van der Waals surface area contributed by atoms with Gasteiger partial charge in [0, 0.05) is 30.5 Å². The number of hydrogen-bond acceptors (Lipinski definition) is 5. The molecule has 2 amide bonds. The summed E-state index contributed by atoms with van der Waals surface area (Å²) >= 11 is 0. The SMILES string of the molecule is CC(C)C1NCCC2CCCOC3CCCC(F)C3C3NC4C(CC3F)C(O)NC(=O)N4C21. The third kappa shape index (κ3) is 4.28. The summed E-state index contributed by atoms with van der Waals surface area (Å²) in [6, 6.07) is -1.05. The van der Waals surface area contributed by atoms with Crippen LogP contribution < -0.4 is 16.0 Å². The van der Waals surface area contributed by atoms with Gasteiger partial charge in [0.25, 0.3) is 0 Å². The Balaban J connectivity index is 1.55. The van der Waals surface area contributed by atoms with E-state index >= 15 is 8.78 Å². The van der Waals surface area contributed by atoms with Crippen molar-refractivity contribution in [3.63, 3.8) is 0 Å². The number of nitrogens with one attached hydrogen (secondary N) is 3. The zero-order valence-electron chi connectivity index (χ0n) is 19.8. The third-order valence-electron chi connectivity index (χ3n) is 8.93. The number of piperidine rings is 2. The van der Waals surface area contributed by atoms with Crippen LogP contribution >= 0.6 is 0 Å². The molecule has 0 aromatic heterocycles. The number of amides is 2. The molecule has 1 aliphatic carbocycles. The van der Waals surface area contributed by atoms with Crippen LogP contribution in [0.25, 0.3) is 0 Å². The summed E-state index contributed by atoms with van der Waals surface area (Å²) in [4.78, 5) is 15.2. The maximum absolute atomic E-state index is 15.6. The fourth-order valence-electron chi connectivity index (χ4n) is 7.38. The van der Waals surface area contributed by atoms with Crippen molar-refractivity contribution in [2.45, 2.75) is 108 Å². The van der Waals surface area contributed by atoms with E-state index in [-0.39, 0.29) is 36.6 Å². The molecule has 188 valence electrons. The van der Waals surface area contributed by atoms with E-state index in [0.29, 0.717) is 18.9 Å². The highest BCUT2D eigenvalue weighted by Gasteiger charge is 2.56. The maximum Gasteiger partial charge on any atom is 0.321 e. The Bertz CT molecular complexity index is 715. The van der Waals surface area contributed by atoms with Crippen molar-refractivity contribution in [1.29, 1.82) is 0 Å². The molecular formula is C24H40F2N4O3. The number of fused-ring (bicyclic) bond motifs is 5. The molecule has 4 saturated heterocycles. The van der Waals surface area contributed by atoms with Gasteiger partial charge in [-0.2, -0.15) is 0 Å². The Hall–Kier alpha value is -1.03. The first kappa shape index (κ1) is 23.7. The van der Waals surface area contributed by atoms with E-state index in [1.54, 1.807) is 0 Å². The predicted octanol–water partition coefficient (Wildman–Crippen LogP) is 2.29. The zero-order valence-corrected chi connectivity index (χ0v) is 19.8. The number of alkyl halides is 2. The number of halogens is 2. The normalized spacial score (nSPS) is 48.7. The molecule has 5 fully saturated rings. The predicted molar refractivity (Wildman–Crippen MR) is 120 cm³/mol. The van der Waals surface area contributed by atoms with E-state index < -0.39 is 42.6 Å². The van der Waals surface area contributed by atoms with Crippen LogP contribution in [0.5, 0.6) is 0 Å². The van der Waals surface area contributed by atoms with Crippen LogP contribution in [0, 0.1) is 23.7 Å². The molecule has 4 heterocycles. The summed E-state index contributed by atoms with van der Waals surface area (Å²) < 4.78 is 37.1. The summed E-state index contributed by atoms with van der Waals surface area (Å²) in [7, 11) is 0. The molecule has 0 aromatic rings. The second-order valence-corrected chi connectivity index (χ2v) is 11.2. The average molecular weight is 471 g/mol. The number of hydrogen-bond donors (Lipinski definition) is 4. The van der Waals surface area contributed by atoms with Crippen molar-refractivity contribution >= 4 is 6.03 Å². The average Bonchev–Trinajstić information content (AvgIpc) is 2.77. The van der Waals surface area contributed by atoms with Crippen LogP contribution in [0.1, 0.15) is 58.8 Å². The lowest BCUT2D eigenvalue weighted by molar-refractivity contribution is -0.122. The molecule has 11 atom stereocenters. The maximum atomic E-state index is 15.6. The molecule has 11 unspecified atom stereocenters. The molecule has 2 bridgehead atoms. The fourth-order valence-corrected chi connectivity index (χ4v) is 7.38. The minimum Gasteiger partial charge on any atom is -0.378 e. The fraction of sp³-hybridized carbons (Fsp3) is 0.958. The largest absolute Gasteiger partial charge is 0.378 e. The Kier molecular flexibility index (Phi) is 6.86. The standard InChI is InChI=1S/C24H40F2N4O3/c1-12(2)19-21-13(8-9-27-19)5-4-10-33-17-7-3-6-15(25)18(17)20-16(26)11-14-22(28-20)30(21)24(32)29-23(14)31/h12-23,27-28,31H,3-11H2,1-2H3,(H,29,32). The summed E-state index contributed by atoms with van der Waals surface area (Å²) in [5, 5.41) is 20.4. The van der Waals surface area contributed by atoms with Gasteiger partial charge in [-0.25, -0.2) is 13.6 Å². The number of aliphatic hydroxyl groups is 1. The molecule has 5 aliphatic rings. The monoisotopic (exact) mass is 470 g/mol. The minimum absolute atomic E-state index is 0.0907.